The molecule has 2 aromatic heterocycles. The van der Waals surface area contributed by atoms with Crippen molar-refractivity contribution in [1.82, 2.24) is 19.9 Å². The zero-order valence-electron chi connectivity index (χ0n) is 24.7. The minimum absolute atomic E-state index is 0. The molecule has 1 saturated carbocycles. The van der Waals surface area contributed by atoms with Crippen LogP contribution in [0.5, 0.6) is 0 Å². The Morgan fingerprint density at radius 1 is 0.806 bits per heavy atom. The van der Waals surface area contributed by atoms with Gasteiger partial charge in [0.15, 0.2) is 0 Å². The van der Waals surface area contributed by atoms with Crippen LogP contribution in [0.2, 0.25) is 0 Å². The minimum atomic E-state index is 0. The molecule has 0 saturated heterocycles. The molecule has 5 heteroatoms. The molecule has 1 aromatic carbocycles. The summed E-state index contributed by atoms with van der Waals surface area (Å²) in [7, 11) is 0. The van der Waals surface area contributed by atoms with Gasteiger partial charge in [0.05, 0.1) is 5.69 Å². The van der Waals surface area contributed by atoms with Gasteiger partial charge >= 0.3 is 32.7 Å². The molecular formula is C31H51N4Y. The number of hydrogen-bond donors (Lipinski definition) is 2. The van der Waals surface area contributed by atoms with E-state index in [0.29, 0.717) is 23.7 Å². The molecule has 0 radical (unpaired) electrons. The maximum atomic E-state index is 4.67. The predicted octanol–water partition coefficient (Wildman–Crippen LogP) is 9.52. The summed E-state index contributed by atoms with van der Waals surface area (Å²) in [6.07, 6.45) is 11.0. The van der Waals surface area contributed by atoms with Crippen molar-refractivity contribution >= 4 is 0 Å². The van der Waals surface area contributed by atoms with Gasteiger partial charge < -0.3 is 31.2 Å². The third-order valence-electron chi connectivity index (χ3n) is 6.78. The number of imidazole rings is 2. The van der Waals surface area contributed by atoms with Gasteiger partial charge in [-0.1, -0.05) is 72.7 Å². The number of nitrogens with one attached hydrogen (secondary N) is 2. The minimum Gasteiger partial charge on any atom is -0.368 e. The third kappa shape index (κ3) is 9.49. The Morgan fingerprint density at radius 3 is 1.86 bits per heavy atom. The van der Waals surface area contributed by atoms with E-state index in [-0.39, 0.29) is 47.6 Å². The van der Waals surface area contributed by atoms with Crippen LogP contribution < -0.4 is 0 Å². The summed E-state index contributed by atoms with van der Waals surface area (Å²) in [5.74, 6) is 4.46. The van der Waals surface area contributed by atoms with E-state index in [2.05, 4.69) is 71.2 Å². The number of nitrogens with zero attached hydrogens (tertiary/aromatic N) is 2. The summed E-state index contributed by atoms with van der Waals surface area (Å²) < 4.78 is 0. The molecule has 4 rings (SSSR count). The van der Waals surface area contributed by atoms with Crippen molar-refractivity contribution in [1.29, 1.82) is 0 Å². The van der Waals surface area contributed by atoms with E-state index >= 15 is 0 Å². The first kappa shape index (κ1) is 36.8. The molecule has 1 aliphatic rings. The van der Waals surface area contributed by atoms with E-state index in [9.17, 15) is 0 Å². The smallest absolute Gasteiger partial charge is 0.368 e. The Labute approximate surface area is 248 Å². The standard InChI is InChI=1S/C25H33N4.2C2H6.2CH3.Y/c1-5-24-26-14-22(28-24)20-10-6-18(7-11-20)19-8-12-21(13-9-19)23-15-27-25(29-23)17(4)16(2)3;2*1-2;;;/h5-7,10-11,14-17,19,21H,8-9,12-13H2,1-4H3,(H,26,28)(H,27,29);2*1-2H3;2*1H3;/q-1;;;2*-1;+3. The van der Waals surface area contributed by atoms with Crippen molar-refractivity contribution in [3.05, 3.63) is 80.8 Å². The number of H-pyrrole nitrogens is 2. The molecule has 0 amide bonds. The Morgan fingerprint density at radius 2 is 1.36 bits per heavy atom. The van der Waals surface area contributed by atoms with Gasteiger partial charge in [0.25, 0.3) is 0 Å². The van der Waals surface area contributed by atoms with Gasteiger partial charge in [-0.3, -0.25) is 4.98 Å². The van der Waals surface area contributed by atoms with Crippen LogP contribution in [0, 0.1) is 27.2 Å². The summed E-state index contributed by atoms with van der Waals surface area (Å²) in [6, 6.07) is 9.05. The number of rotatable bonds is 6. The molecule has 4 nitrogen and oxygen atoms in total. The zero-order valence-corrected chi connectivity index (χ0v) is 27.5. The first-order chi connectivity index (χ1) is 16.0. The quantitative estimate of drug-likeness (QED) is 0.291. The van der Waals surface area contributed by atoms with Gasteiger partial charge in [0, 0.05) is 29.9 Å². The molecule has 1 aliphatic carbocycles. The van der Waals surface area contributed by atoms with E-state index in [0.717, 1.165) is 17.3 Å². The maximum absolute atomic E-state index is 4.67. The molecule has 3 aromatic rings. The van der Waals surface area contributed by atoms with Crippen molar-refractivity contribution < 1.29 is 32.7 Å². The Hall–Kier alpha value is -1.39. The zero-order chi connectivity index (χ0) is 24.4. The Kier molecular flexibility index (Phi) is 19.2. The monoisotopic (exact) mass is 568 g/mol. The second-order valence-corrected chi connectivity index (χ2v) is 8.90. The average Bonchev–Trinajstić information content (AvgIpc) is 3.56. The second kappa shape index (κ2) is 18.8. The average molecular weight is 569 g/mol. The molecular weight excluding hydrogens is 517 g/mol. The van der Waals surface area contributed by atoms with Crippen LogP contribution >= 0.6 is 0 Å². The van der Waals surface area contributed by atoms with Crippen molar-refractivity contribution in [2.75, 3.05) is 0 Å². The fraction of sp³-hybridized carbons (Fsp3) is 0.516. The van der Waals surface area contributed by atoms with E-state index in [4.69, 9.17) is 0 Å². The van der Waals surface area contributed by atoms with Crippen molar-refractivity contribution in [3.8, 4) is 11.3 Å². The van der Waals surface area contributed by atoms with Gasteiger partial charge in [-0.2, -0.15) is 6.92 Å². The van der Waals surface area contributed by atoms with E-state index in [1.807, 2.05) is 47.2 Å². The van der Waals surface area contributed by atoms with Crippen LogP contribution in [0.3, 0.4) is 0 Å². The molecule has 0 aliphatic heterocycles. The van der Waals surface area contributed by atoms with E-state index < -0.39 is 0 Å². The van der Waals surface area contributed by atoms with Crippen molar-refractivity contribution in [2.24, 2.45) is 5.92 Å². The summed E-state index contributed by atoms with van der Waals surface area (Å²) >= 11 is 0. The van der Waals surface area contributed by atoms with Crippen LogP contribution in [-0.2, 0) is 32.7 Å². The fourth-order valence-electron chi connectivity index (χ4n) is 4.41. The van der Waals surface area contributed by atoms with E-state index in [1.165, 1.54) is 42.5 Å². The first-order valence-corrected chi connectivity index (χ1v) is 13.0. The topological polar surface area (TPSA) is 57.4 Å². The SMILES string of the molecule is CC.CC.C[CH-]c1ncc(-c2ccc(C3CCC(c4cnc(C(C)C(C)C)[nH]4)CC3)cc2)[nH]1.[CH3-].[CH3-].[Y+3]. The third-order valence-corrected chi connectivity index (χ3v) is 6.78. The van der Waals surface area contributed by atoms with Gasteiger partial charge in [-0.15, -0.1) is 0 Å². The normalized spacial score (nSPS) is 17.0. The summed E-state index contributed by atoms with van der Waals surface area (Å²) in [5, 5.41) is 0. The van der Waals surface area contributed by atoms with Gasteiger partial charge in [-0.25, -0.2) is 4.98 Å². The largest absolute Gasteiger partial charge is 3.00 e. The number of aromatic nitrogens is 4. The molecule has 0 bridgehead atoms. The first-order valence-electron chi connectivity index (χ1n) is 13.0. The number of aromatic amines is 2. The van der Waals surface area contributed by atoms with Crippen LogP contribution in [-0.4, -0.2) is 19.9 Å². The van der Waals surface area contributed by atoms with Crippen LogP contribution in [0.1, 0.15) is 122 Å². The molecule has 2 N–H and O–H groups in total. The van der Waals surface area contributed by atoms with Gasteiger partial charge in [0.2, 0.25) is 0 Å². The summed E-state index contributed by atoms with van der Waals surface area (Å²) in [6.45, 7) is 16.8. The fourth-order valence-corrected chi connectivity index (χ4v) is 4.41. The second-order valence-electron chi connectivity index (χ2n) is 8.90. The molecule has 1 fully saturated rings. The van der Waals surface area contributed by atoms with Crippen molar-refractivity contribution in [2.45, 2.75) is 98.8 Å². The Bertz CT molecular complexity index is 918. The van der Waals surface area contributed by atoms with E-state index in [1.54, 1.807) is 0 Å². The van der Waals surface area contributed by atoms with Crippen LogP contribution in [0.25, 0.3) is 11.3 Å². The number of benzene rings is 1. The summed E-state index contributed by atoms with van der Waals surface area (Å²) in [5.41, 5.74) is 5.09. The Balaban J connectivity index is 0. The van der Waals surface area contributed by atoms with Gasteiger partial charge in [-0.05, 0) is 54.5 Å². The summed E-state index contributed by atoms with van der Waals surface area (Å²) in [4.78, 5) is 16.0. The van der Waals surface area contributed by atoms with Crippen LogP contribution in [0.15, 0.2) is 36.7 Å². The molecule has 2 heterocycles. The van der Waals surface area contributed by atoms with Crippen LogP contribution in [0.4, 0.5) is 0 Å². The predicted molar refractivity (Wildman–Crippen MR) is 154 cm³/mol. The molecule has 198 valence electrons. The van der Waals surface area contributed by atoms with Gasteiger partial charge in [0.1, 0.15) is 5.82 Å². The number of hydrogen-bond acceptors (Lipinski definition) is 2. The molecule has 1 unspecified atom stereocenters. The molecule has 1 atom stereocenters. The van der Waals surface area contributed by atoms with Crippen molar-refractivity contribution in [3.63, 3.8) is 0 Å². The molecule has 36 heavy (non-hydrogen) atoms. The molecule has 0 spiro atoms. The maximum Gasteiger partial charge on any atom is 3.00 e.